The summed E-state index contributed by atoms with van der Waals surface area (Å²) in [5.41, 5.74) is 1.42. The summed E-state index contributed by atoms with van der Waals surface area (Å²) in [5.74, 6) is -0.880. The number of nitrogens with one attached hydrogen (secondary N) is 3. The summed E-state index contributed by atoms with van der Waals surface area (Å²) < 4.78 is 0. The number of benzene rings is 1. The Morgan fingerprint density at radius 1 is 1.00 bits per heavy atom. The third-order valence-electron chi connectivity index (χ3n) is 4.36. The van der Waals surface area contributed by atoms with Gasteiger partial charge in [-0.3, -0.25) is 0 Å². The Hall–Kier alpha value is -1.63. The van der Waals surface area contributed by atoms with Gasteiger partial charge in [0.25, 0.3) is 0 Å². The second kappa shape index (κ2) is 10.3. The van der Waals surface area contributed by atoms with Gasteiger partial charge in [-0.25, -0.2) is 4.79 Å². The van der Waals surface area contributed by atoms with Gasteiger partial charge >= 0.3 is 5.97 Å². The highest BCUT2D eigenvalue weighted by Crippen LogP contribution is 2.18. The molecule has 4 N–H and O–H groups in total. The maximum Gasteiger partial charge on any atom is 0.335 e. The van der Waals surface area contributed by atoms with Gasteiger partial charge in [-0.2, -0.15) is 0 Å². The second-order valence-corrected chi connectivity index (χ2v) is 6.31. The van der Waals surface area contributed by atoms with Crippen molar-refractivity contribution in [2.24, 2.45) is 0 Å². The molecular formula is C18H30N4O2. The largest absolute Gasteiger partial charge is 0.478 e. The van der Waals surface area contributed by atoms with Gasteiger partial charge < -0.3 is 26.0 Å². The van der Waals surface area contributed by atoms with E-state index in [4.69, 9.17) is 5.11 Å². The van der Waals surface area contributed by atoms with Gasteiger partial charge in [-0.1, -0.05) is 0 Å². The summed E-state index contributed by atoms with van der Waals surface area (Å²) in [4.78, 5) is 13.4. The number of nitrogens with zero attached hydrogens (tertiary/aromatic N) is 1. The zero-order valence-electron chi connectivity index (χ0n) is 14.6. The third-order valence-corrected chi connectivity index (χ3v) is 4.36. The molecule has 1 fully saturated rings. The maximum atomic E-state index is 11.0. The summed E-state index contributed by atoms with van der Waals surface area (Å²) in [5, 5.41) is 19.5. The monoisotopic (exact) mass is 334 g/mol. The molecule has 1 aromatic carbocycles. The number of carbonyl (C=O) groups is 1. The van der Waals surface area contributed by atoms with E-state index in [0.29, 0.717) is 11.6 Å². The quantitative estimate of drug-likeness (QED) is 0.650. The number of carboxylic acids is 1. The molecule has 1 heterocycles. The van der Waals surface area contributed by atoms with Crippen molar-refractivity contribution in [2.75, 3.05) is 50.7 Å². The van der Waals surface area contributed by atoms with Crippen LogP contribution in [0.5, 0.6) is 0 Å². The van der Waals surface area contributed by atoms with Gasteiger partial charge in [-0.05, 0) is 63.7 Å². The molecule has 1 saturated heterocycles. The van der Waals surface area contributed by atoms with E-state index in [9.17, 15) is 4.79 Å². The minimum atomic E-state index is -0.880. The molecule has 134 valence electrons. The van der Waals surface area contributed by atoms with E-state index in [-0.39, 0.29) is 0 Å². The predicted molar refractivity (Wildman–Crippen MR) is 98.1 cm³/mol. The average Bonchev–Trinajstić information content (AvgIpc) is 2.58. The lowest BCUT2D eigenvalue weighted by Gasteiger charge is -2.32. The molecule has 0 saturated carbocycles. The van der Waals surface area contributed by atoms with Gasteiger partial charge in [-0.15, -0.1) is 0 Å². The van der Waals surface area contributed by atoms with Crippen LogP contribution in [0.4, 0.5) is 5.69 Å². The van der Waals surface area contributed by atoms with Gasteiger partial charge in [0.05, 0.1) is 5.56 Å². The van der Waals surface area contributed by atoms with E-state index in [1.165, 1.54) is 0 Å². The van der Waals surface area contributed by atoms with Crippen molar-refractivity contribution in [3.05, 3.63) is 29.8 Å². The van der Waals surface area contributed by atoms with Crippen molar-refractivity contribution >= 4 is 11.7 Å². The molecule has 0 radical (unpaired) electrons. The van der Waals surface area contributed by atoms with Crippen LogP contribution in [0, 0.1) is 0 Å². The summed E-state index contributed by atoms with van der Waals surface area (Å²) in [7, 11) is 0. The lowest BCUT2D eigenvalue weighted by molar-refractivity contribution is 0.0697. The molecule has 0 aromatic heterocycles. The number of carboxylic acid groups (broad SMARTS) is 1. The number of aromatic carboxylic acids is 1. The number of hydrogen-bond donors (Lipinski definition) is 4. The van der Waals surface area contributed by atoms with Gasteiger partial charge in [0.15, 0.2) is 0 Å². The van der Waals surface area contributed by atoms with Crippen LogP contribution in [-0.2, 0) is 0 Å². The normalized spacial score (nSPS) is 21.9. The van der Waals surface area contributed by atoms with Crippen molar-refractivity contribution < 1.29 is 9.90 Å². The molecule has 0 bridgehead atoms. The van der Waals surface area contributed by atoms with Crippen molar-refractivity contribution in [3.8, 4) is 0 Å². The maximum absolute atomic E-state index is 11.0. The highest BCUT2D eigenvalue weighted by atomic mass is 16.4. The van der Waals surface area contributed by atoms with E-state index < -0.39 is 5.97 Å². The molecule has 1 atom stereocenters. The van der Waals surface area contributed by atoms with Crippen LogP contribution in [0.1, 0.15) is 30.1 Å². The molecule has 0 amide bonds. The first kappa shape index (κ1) is 18.7. The summed E-state index contributed by atoms with van der Waals surface area (Å²) in [6, 6.07) is 7.57. The van der Waals surface area contributed by atoms with E-state index in [1.807, 2.05) is 12.1 Å². The van der Waals surface area contributed by atoms with Crippen LogP contribution >= 0.6 is 0 Å². The fraction of sp³-hybridized carbons (Fsp3) is 0.611. The van der Waals surface area contributed by atoms with Gasteiger partial charge in [0.1, 0.15) is 0 Å². The molecule has 1 aromatic rings. The molecule has 1 aliphatic rings. The van der Waals surface area contributed by atoms with Gasteiger partial charge in [0.2, 0.25) is 0 Å². The van der Waals surface area contributed by atoms with Gasteiger partial charge in [0, 0.05) is 37.9 Å². The first-order chi connectivity index (χ1) is 11.7. The Morgan fingerprint density at radius 3 is 2.29 bits per heavy atom. The van der Waals surface area contributed by atoms with Crippen LogP contribution in [-0.4, -0.2) is 62.9 Å². The lowest BCUT2D eigenvalue weighted by atomic mass is 10.1. The first-order valence-electron chi connectivity index (χ1n) is 8.90. The molecule has 0 spiro atoms. The summed E-state index contributed by atoms with van der Waals surface area (Å²) >= 11 is 0. The Morgan fingerprint density at radius 2 is 1.62 bits per heavy atom. The van der Waals surface area contributed by atoms with Crippen LogP contribution < -0.4 is 20.9 Å². The highest BCUT2D eigenvalue weighted by molar-refractivity contribution is 5.88. The van der Waals surface area contributed by atoms with Crippen LogP contribution in [0.2, 0.25) is 0 Å². The lowest BCUT2D eigenvalue weighted by Crippen LogP contribution is -2.43. The fourth-order valence-corrected chi connectivity index (χ4v) is 2.96. The number of anilines is 1. The van der Waals surface area contributed by atoms with E-state index in [0.717, 1.165) is 64.3 Å². The van der Waals surface area contributed by atoms with E-state index >= 15 is 0 Å². The Labute approximate surface area is 144 Å². The predicted octanol–water partition coefficient (Wildman–Crippen LogP) is 1.14. The molecule has 2 rings (SSSR count). The summed E-state index contributed by atoms with van der Waals surface area (Å²) in [6.07, 6.45) is 2.19. The highest BCUT2D eigenvalue weighted by Gasteiger charge is 2.15. The molecule has 24 heavy (non-hydrogen) atoms. The van der Waals surface area contributed by atoms with Crippen molar-refractivity contribution in [1.82, 2.24) is 16.0 Å². The first-order valence-corrected chi connectivity index (χ1v) is 8.90. The fourth-order valence-electron chi connectivity index (χ4n) is 2.96. The Bertz CT molecular complexity index is 492. The molecule has 6 heteroatoms. The van der Waals surface area contributed by atoms with Crippen LogP contribution in [0.25, 0.3) is 0 Å². The molecule has 1 aliphatic heterocycles. The van der Waals surface area contributed by atoms with E-state index in [2.05, 4.69) is 27.8 Å². The Balaban J connectivity index is 2.02. The molecule has 0 aliphatic carbocycles. The average molecular weight is 334 g/mol. The summed E-state index contributed by atoms with van der Waals surface area (Å²) in [6.45, 7) is 9.15. The van der Waals surface area contributed by atoms with Crippen molar-refractivity contribution in [2.45, 2.75) is 25.8 Å². The minimum Gasteiger partial charge on any atom is -0.478 e. The van der Waals surface area contributed by atoms with Crippen LogP contribution in [0.3, 0.4) is 0 Å². The van der Waals surface area contributed by atoms with Crippen LogP contribution in [0.15, 0.2) is 24.3 Å². The second-order valence-electron chi connectivity index (χ2n) is 6.31. The number of hydrogen-bond acceptors (Lipinski definition) is 5. The SMILES string of the molecule is CC1CNCCCNCCNCCCN1c1ccc(C(=O)O)cc1. The van der Waals surface area contributed by atoms with E-state index in [1.54, 1.807) is 12.1 Å². The Kier molecular flexibility index (Phi) is 8.01. The zero-order chi connectivity index (χ0) is 17.2. The topological polar surface area (TPSA) is 76.6 Å². The molecular weight excluding hydrogens is 304 g/mol. The molecule has 6 nitrogen and oxygen atoms in total. The standard InChI is InChI=1S/C18H30N4O2/c1-15-14-21-9-2-8-19-11-12-20-10-3-13-22(15)17-6-4-16(5-7-17)18(23)24/h4-7,15,19-21H,2-3,8-14H2,1H3,(H,23,24). The van der Waals surface area contributed by atoms with Crippen molar-refractivity contribution in [1.29, 1.82) is 0 Å². The third kappa shape index (κ3) is 6.11. The molecule has 1 unspecified atom stereocenters. The number of rotatable bonds is 2. The zero-order valence-corrected chi connectivity index (χ0v) is 14.6. The smallest absolute Gasteiger partial charge is 0.335 e. The minimum absolute atomic E-state index is 0.334. The van der Waals surface area contributed by atoms with Crippen molar-refractivity contribution in [3.63, 3.8) is 0 Å².